The summed E-state index contributed by atoms with van der Waals surface area (Å²) in [4.78, 5) is 27.9. The number of carbonyl (C=O) groups is 2. The molecule has 0 atom stereocenters. The lowest BCUT2D eigenvalue weighted by atomic mass is 10.2. The predicted octanol–water partition coefficient (Wildman–Crippen LogP) is 4.10. The number of carboxylic acids is 1. The average Bonchev–Trinajstić information content (AvgIpc) is 2.65. The molecule has 0 aliphatic carbocycles. The second-order valence-corrected chi connectivity index (χ2v) is 7.16. The Hall–Kier alpha value is -1.67. The molecule has 6 nitrogen and oxygen atoms in total. The molecule has 112 valence electrons. The van der Waals surface area contributed by atoms with Gasteiger partial charge in [-0.1, -0.05) is 0 Å². The molecular weight excluding hydrogens is 360 g/mol. The molecule has 2 N–H and O–H groups in total. The minimum Gasteiger partial charge on any atom is -0.477 e. The third-order valence-electron chi connectivity index (χ3n) is 2.33. The monoisotopic (exact) mass is 372 g/mol. The van der Waals surface area contributed by atoms with E-state index >= 15 is 0 Å². The first-order valence-electron chi connectivity index (χ1n) is 5.99. The summed E-state index contributed by atoms with van der Waals surface area (Å²) in [5, 5.41) is 12.3. The van der Waals surface area contributed by atoms with Gasteiger partial charge in [0, 0.05) is 16.1 Å². The summed E-state index contributed by atoms with van der Waals surface area (Å²) >= 11 is 4.28. The van der Waals surface area contributed by atoms with Gasteiger partial charge in [-0.15, -0.1) is 11.3 Å². The van der Waals surface area contributed by atoms with Gasteiger partial charge in [0.1, 0.15) is 15.3 Å². The van der Waals surface area contributed by atoms with E-state index in [4.69, 9.17) is 4.74 Å². The molecule has 2 rings (SSSR count). The number of nitrogens with one attached hydrogen (secondary N) is 1. The predicted molar refractivity (Wildman–Crippen MR) is 84.1 cm³/mol. The zero-order valence-electron chi connectivity index (χ0n) is 11.6. The van der Waals surface area contributed by atoms with E-state index in [1.54, 1.807) is 33.0 Å². The number of amides is 1. The molecule has 1 amide bonds. The number of nitrogens with zero attached hydrogens (tertiary/aromatic N) is 1. The fraction of sp³-hybridized carbons (Fsp3) is 0.308. The first kappa shape index (κ1) is 15.7. The van der Waals surface area contributed by atoms with Gasteiger partial charge in [-0.05, 0) is 42.8 Å². The quantitative estimate of drug-likeness (QED) is 0.827. The Labute approximate surface area is 133 Å². The zero-order valence-corrected chi connectivity index (χ0v) is 14.0. The molecule has 8 heteroatoms. The van der Waals surface area contributed by atoms with Crippen LogP contribution in [0.15, 0.2) is 16.7 Å². The fourth-order valence-electron chi connectivity index (χ4n) is 1.64. The molecule has 0 unspecified atom stereocenters. The van der Waals surface area contributed by atoms with Gasteiger partial charge in [-0.3, -0.25) is 5.32 Å². The number of fused-ring (bicyclic) bond motifs is 1. The van der Waals surface area contributed by atoms with Crippen LogP contribution in [0.4, 0.5) is 10.5 Å². The van der Waals surface area contributed by atoms with Crippen LogP contribution in [0.2, 0.25) is 0 Å². The van der Waals surface area contributed by atoms with Gasteiger partial charge < -0.3 is 9.84 Å². The number of hydrogen-bond donors (Lipinski definition) is 2. The van der Waals surface area contributed by atoms with Crippen molar-refractivity contribution in [2.75, 3.05) is 5.32 Å². The van der Waals surface area contributed by atoms with Crippen LogP contribution in [0, 0.1) is 0 Å². The van der Waals surface area contributed by atoms with Crippen LogP contribution in [0.25, 0.3) is 10.2 Å². The minimum absolute atomic E-state index is 0.0152. The summed E-state index contributed by atoms with van der Waals surface area (Å²) in [6.07, 6.45) is 0.867. The normalized spacial score (nSPS) is 11.4. The smallest absolute Gasteiger partial charge is 0.412 e. The SMILES string of the molecule is CC(C)(C)OC(=O)Nc1c(C(=O)O)sc2ncc(Br)cc12. The van der Waals surface area contributed by atoms with E-state index in [0.717, 1.165) is 11.3 Å². The van der Waals surface area contributed by atoms with Crippen molar-refractivity contribution in [1.29, 1.82) is 0 Å². The van der Waals surface area contributed by atoms with Crippen molar-refractivity contribution in [3.63, 3.8) is 0 Å². The van der Waals surface area contributed by atoms with Gasteiger partial charge in [0.05, 0.1) is 5.69 Å². The highest BCUT2D eigenvalue weighted by molar-refractivity contribution is 9.10. The molecule has 2 aromatic rings. The zero-order chi connectivity index (χ0) is 15.8. The molecule has 2 aromatic heterocycles. The van der Waals surface area contributed by atoms with Crippen molar-refractivity contribution in [2.24, 2.45) is 0 Å². The number of thiophene rings is 1. The first-order valence-corrected chi connectivity index (χ1v) is 7.59. The van der Waals surface area contributed by atoms with Crippen LogP contribution >= 0.6 is 27.3 Å². The van der Waals surface area contributed by atoms with Crippen LogP contribution in [-0.4, -0.2) is 27.8 Å². The van der Waals surface area contributed by atoms with E-state index in [1.807, 2.05) is 0 Å². The van der Waals surface area contributed by atoms with Gasteiger partial charge in [0.2, 0.25) is 0 Å². The molecule has 0 radical (unpaired) electrons. The molecule has 0 aliphatic rings. The largest absolute Gasteiger partial charge is 0.477 e. The van der Waals surface area contributed by atoms with Gasteiger partial charge in [0.15, 0.2) is 0 Å². The van der Waals surface area contributed by atoms with Crippen molar-refractivity contribution in [1.82, 2.24) is 4.98 Å². The Morgan fingerprint density at radius 2 is 2.10 bits per heavy atom. The number of carbonyl (C=O) groups excluding carboxylic acids is 1. The summed E-state index contributed by atoms with van der Waals surface area (Å²) in [5.41, 5.74) is -0.469. The third-order valence-corrected chi connectivity index (χ3v) is 3.87. The maximum absolute atomic E-state index is 11.9. The number of pyridine rings is 1. The standard InChI is InChI=1S/C13H13BrN2O4S/c1-13(2,3)20-12(19)16-8-7-4-6(14)5-15-10(7)21-9(8)11(17)18/h4-5H,1-3H3,(H,16,19)(H,17,18). The molecule has 0 aliphatic heterocycles. The van der Waals surface area contributed by atoms with Crippen molar-refractivity contribution in [3.8, 4) is 0 Å². The van der Waals surface area contributed by atoms with Crippen LogP contribution < -0.4 is 5.32 Å². The van der Waals surface area contributed by atoms with Gasteiger partial charge in [-0.25, -0.2) is 14.6 Å². The Balaban J connectivity index is 2.45. The summed E-state index contributed by atoms with van der Waals surface area (Å²) in [7, 11) is 0. The van der Waals surface area contributed by atoms with E-state index in [9.17, 15) is 14.7 Å². The topological polar surface area (TPSA) is 88.5 Å². The van der Waals surface area contributed by atoms with Gasteiger partial charge >= 0.3 is 12.1 Å². The first-order chi connectivity index (χ1) is 9.67. The average molecular weight is 373 g/mol. The van der Waals surface area contributed by atoms with Gasteiger partial charge in [0.25, 0.3) is 0 Å². The molecule has 21 heavy (non-hydrogen) atoms. The fourth-order valence-corrected chi connectivity index (χ4v) is 2.89. The second-order valence-electron chi connectivity index (χ2n) is 5.24. The van der Waals surface area contributed by atoms with Crippen molar-refractivity contribution >= 4 is 55.2 Å². The summed E-state index contributed by atoms with van der Waals surface area (Å²) in [5.74, 6) is -1.12. The van der Waals surface area contributed by atoms with Crippen LogP contribution in [0.3, 0.4) is 0 Å². The lowest BCUT2D eigenvalue weighted by Gasteiger charge is -2.19. The van der Waals surface area contributed by atoms with E-state index in [0.29, 0.717) is 14.7 Å². The number of aromatic nitrogens is 1. The number of rotatable bonds is 2. The van der Waals surface area contributed by atoms with Gasteiger partial charge in [-0.2, -0.15) is 0 Å². The molecule has 2 heterocycles. The number of ether oxygens (including phenoxy) is 1. The lowest BCUT2D eigenvalue weighted by Crippen LogP contribution is -2.27. The van der Waals surface area contributed by atoms with E-state index in [-0.39, 0.29) is 10.6 Å². The van der Waals surface area contributed by atoms with Crippen LogP contribution in [-0.2, 0) is 4.74 Å². The Morgan fingerprint density at radius 3 is 2.67 bits per heavy atom. The summed E-state index contributed by atoms with van der Waals surface area (Å²) < 4.78 is 5.85. The molecular formula is C13H13BrN2O4S. The highest BCUT2D eigenvalue weighted by atomic mass is 79.9. The molecule has 0 aromatic carbocycles. The second kappa shape index (κ2) is 5.61. The number of anilines is 1. The Morgan fingerprint density at radius 1 is 1.43 bits per heavy atom. The molecule has 0 bridgehead atoms. The van der Waals surface area contributed by atoms with Crippen molar-refractivity contribution in [2.45, 2.75) is 26.4 Å². The lowest BCUT2D eigenvalue weighted by molar-refractivity contribution is 0.0636. The molecule has 0 spiro atoms. The third kappa shape index (κ3) is 3.70. The number of carboxylic acid groups (broad SMARTS) is 1. The van der Waals surface area contributed by atoms with Crippen molar-refractivity contribution in [3.05, 3.63) is 21.6 Å². The number of halogens is 1. The van der Waals surface area contributed by atoms with Crippen molar-refractivity contribution < 1.29 is 19.4 Å². The minimum atomic E-state index is -1.12. The number of aromatic carboxylic acids is 1. The Bertz CT molecular complexity index is 721. The van der Waals surface area contributed by atoms with E-state index < -0.39 is 17.7 Å². The highest BCUT2D eigenvalue weighted by Gasteiger charge is 2.23. The highest BCUT2D eigenvalue weighted by Crippen LogP contribution is 2.36. The number of hydrogen-bond acceptors (Lipinski definition) is 5. The van der Waals surface area contributed by atoms with E-state index in [1.165, 1.54) is 0 Å². The Kier molecular flexibility index (Phi) is 4.20. The maximum Gasteiger partial charge on any atom is 0.412 e. The maximum atomic E-state index is 11.9. The summed E-state index contributed by atoms with van der Waals surface area (Å²) in [6, 6.07) is 1.71. The van der Waals surface area contributed by atoms with E-state index in [2.05, 4.69) is 26.2 Å². The van der Waals surface area contributed by atoms with Crippen LogP contribution in [0.5, 0.6) is 0 Å². The summed E-state index contributed by atoms with van der Waals surface area (Å²) in [6.45, 7) is 5.19. The molecule has 0 saturated carbocycles. The molecule has 0 fully saturated rings. The molecule has 0 saturated heterocycles. The van der Waals surface area contributed by atoms with Crippen LogP contribution in [0.1, 0.15) is 30.4 Å².